The van der Waals surface area contributed by atoms with Crippen LogP contribution in [0.1, 0.15) is 72.6 Å². The van der Waals surface area contributed by atoms with Crippen molar-refractivity contribution in [2.45, 2.75) is 72.6 Å². The third-order valence-electron chi connectivity index (χ3n) is 3.04. The largest absolute Gasteiger partial charge is 0.465 e. The van der Waals surface area contributed by atoms with Crippen molar-refractivity contribution in [3.05, 3.63) is 0 Å². The number of ether oxygens (including phenoxy) is 1. The first-order valence-electron chi connectivity index (χ1n) is 7.24. The number of carbonyl (C=O) groups is 1. The maximum atomic E-state index is 11.5. The van der Waals surface area contributed by atoms with Crippen molar-refractivity contribution in [1.29, 1.82) is 0 Å². The molecule has 0 aromatic carbocycles. The van der Waals surface area contributed by atoms with Crippen LogP contribution in [0.15, 0.2) is 0 Å². The molecule has 0 saturated heterocycles. The lowest BCUT2D eigenvalue weighted by atomic mass is 10.0. The Balaban J connectivity index is 3.30. The number of unbranched alkanes of at least 4 members (excludes halogenated alkanes) is 3. The van der Waals surface area contributed by atoms with Crippen molar-refractivity contribution in [3.63, 3.8) is 0 Å². The number of carbonyl (C=O) groups excluding carboxylic acids is 1. The molecule has 0 N–H and O–H groups in total. The van der Waals surface area contributed by atoms with E-state index in [1.807, 2.05) is 6.92 Å². The summed E-state index contributed by atoms with van der Waals surface area (Å²) in [5.74, 6) is 0.859. The molecule has 0 amide bonds. The molecule has 0 bridgehead atoms. The molecule has 1 atom stereocenters. The Hall–Kier alpha value is -0.530. The van der Waals surface area contributed by atoms with Gasteiger partial charge < -0.3 is 4.74 Å². The van der Waals surface area contributed by atoms with Crippen LogP contribution in [0.2, 0.25) is 0 Å². The Bertz CT molecular complexity index is 187. The Morgan fingerprint density at radius 3 is 2.24 bits per heavy atom. The average molecular weight is 242 g/mol. The van der Waals surface area contributed by atoms with Gasteiger partial charge in [0.05, 0.1) is 12.5 Å². The van der Waals surface area contributed by atoms with E-state index in [0.29, 0.717) is 6.61 Å². The molecule has 17 heavy (non-hydrogen) atoms. The summed E-state index contributed by atoms with van der Waals surface area (Å²) in [6, 6.07) is 0. The van der Waals surface area contributed by atoms with Crippen molar-refractivity contribution in [1.82, 2.24) is 0 Å². The summed E-state index contributed by atoms with van der Waals surface area (Å²) >= 11 is 0. The van der Waals surface area contributed by atoms with E-state index in [-0.39, 0.29) is 11.9 Å². The van der Waals surface area contributed by atoms with E-state index in [9.17, 15) is 4.79 Å². The van der Waals surface area contributed by atoms with Gasteiger partial charge in [-0.1, -0.05) is 59.8 Å². The fraction of sp³-hybridized carbons (Fsp3) is 0.933. The molecule has 2 heteroatoms. The van der Waals surface area contributed by atoms with Crippen LogP contribution < -0.4 is 0 Å². The van der Waals surface area contributed by atoms with Gasteiger partial charge in [0.1, 0.15) is 0 Å². The Morgan fingerprint density at radius 2 is 1.65 bits per heavy atom. The smallest absolute Gasteiger partial charge is 0.308 e. The normalized spacial score (nSPS) is 12.8. The van der Waals surface area contributed by atoms with Crippen LogP contribution in [0.4, 0.5) is 0 Å². The molecule has 0 aromatic heterocycles. The maximum Gasteiger partial charge on any atom is 0.308 e. The highest BCUT2D eigenvalue weighted by molar-refractivity contribution is 5.71. The van der Waals surface area contributed by atoms with Gasteiger partial charge in [-0.3, -0.25) is 4.79 Å². The van der Waals surface area contributed by atoms with Gasteiger partial charge in [0.25, 0.3) is 0 Å². The van der Waals surface area contributed by atoms with E-state index >= 15 is 0 Å². The van der Waals surface area contributed by atoms with Crippen molar-refractivity contribution >= 4 is 5.97 Å². The second-order valence-electron chi connectivity index (χ2n) is 5.45. The van der Waals surface area contributed by atoms with Crippen molar-refractivity contribution in [2.24, 2.45) is 11.8 Å². The van der Waals surface area contributed by atoms with Gasteiger partial charge in [0, 0.05) is 0 Å². The van der Waals surface area contributed by atoms with Gasteiger partial charge in [0.15, 0.2) is 0 Å². The van der Waals surface area contributed by atoms with Crippen LogP contribution in [-0.2, 0) is 9.53 Å². The third-order valence-corrected chi connectivity index (χ3v) is 3.04. The molecule has 0 heterocycles. The first kappa shape index (κ1) is 16.5. The molecule has 0 aliphatic heterocycles. The van der Waals surface area contributed by atoms with Crippen molar-refractivity contribution in [3.8, 4) is 0 Å². The molecule has 102 valence electrons. The predicted octanol–water partition coefficient (Wildman–Crippen LogP) is 4.57. The van der Waals surface area contributed by atoms with Crippen LogP contribution >= 0.6 is 0 Å². The quantitative estimate of drug-likeness (QED) is 0.414. The second-order valence-corrected chi connectivity index (χ2v) is 5.45. The first-order chi connectivity index (χ1) is 8.07. The number of esters is 1. The lowest BCUT2D eigenvalue weighted by Gasteiger charge is -2.10. The SMILES string of the molecule is CCCC(C)C(=O)OCCCCCCC(C)C. The van der Waals surface area contributed by atoms with Crippen molar-refractivity contribution < 1.29 is 9.53 Å². The average Bonchev–Trinajstić information content (AvgIpc) is 2.27. The fourth-order valence-electron chi connectivity index (χ4n) is 1.87. The molecule has 1 unspecified atom stereocenters. The zero-order valence-corrected chi connectivity index (χ0v) is 12.1. The molecule has 0 radical (unpaired) electrons. The van der Waals surface area contributed by atoms with E-state index in [1.54, 1.807) is 0 Å². The van der Waals surface area contributed by atoms with Crippen LogP contribution in [0.3, 0.4) is 0 Å². The summed E-state index contributed by atoms with van der Waals surface area (Å²) in [5.41, 5.74) is 0. The number of hydrogen-bond acceptors (Lipinski definition) is 2. The Morgan fingerprint density at radius 1 is 1.00 bits per heavy atom. The Kier molecular flexibility index (Phi) is 10.3. The highest BCUT2D eigenvalue weighted by Gasteiger charge is 2.12. The van der Waals surface area contributed by atoms with Gasteiger partial charge in [-0.25, -0.2) is 0 Å². The summed E-state index contributed by atoms with van der Waals surface area (Å²) in [4.78, 5) is 11.5. The van der Waals surface area contributed by atoms with Gasteiger partial charge >= 0.3 is 5.97 Å². The maximum absolute atomic E-state index is 11.5. The van der Waals surface area contributed by atoms with Crippen LogP contribution in [0.5, 0.6) is 0 Å². The third kappa shape index (κ3) is 10.3. The molecule has 0 aromatic rings. The highest BCUT2D eigenvalue weighted by Crippen LogP contribution is 2.10. The van der Waals surface area contributed by atoms with E-state index in [1.165, 1.54) is 25.7 Å². The summed E-state index contributed by atoms with van der Waals surface area (Å²) in [6.07, 6.45) is 8.06. The summed E-state index contributed by atoms with van der Waals surface area (Å²) in [6.45, 7) is 9.18. The minimum atomic E-state index is -0.0194. The molecular weight excluding hydrogens is 212 g/mol. The lowest BCUT2D eigenvalue weighted by molar-refractivity contribution is -0.148. The first-order valence-corrected chi connectivity index (χ1v) is 7.24. The molecule has 0 aliphatic carbocycles. The van der Waals surface area contributed by atoms with Crippen LogP contribution in [0, 0.1) is 11.8 Å². The highest BCUT2D eigenvalue weighted by atomic mass is 16.5. The lowest BCUT2D eigenvalue weighted by Crippen LogP contribution is -2.15. The zero-order chi connectivity index (χ0) is 13.1. The number of hydrogen-bond donors (Lipinski definition) is 0. The van der Waals surface area contributed by atoms with E-state index in [4.69, 9.17) is 4.74 Å². The van der Waals surface area contributed by atoms with E-state index < -0.39 is 0 Å². The zero-order valence-electron chi connectivity index (χ0n) is 12.1. The van der Waals surface area contributed by atoms with Gasteiger partial charge in [-0.05, 0) is 18.8 Å². The predicted molar refractivity (Wildman–Crippen MR) is 73.0 cm³/mol. The molecule has 0 saturated carbocycles. The fourth-order valence-corrected chi connectivity index (χ4v) is 1.87. The molecule has 2 nitrogen and oxygen atoms in total. The molecule has 0 aliphatic rings. The second kappa shape index (κ2) is 10.6. The Labute approximate surface area is 107 Å². The monoisotopic (exact) mass is 242 g/mol. The minimum Gasteiger partial charge on any atom is -0.465 e. The van der Waals surface area contributed by atoms with E-state index in [0.717, 1.165) is 25.2 Å². The van der Waals surface area contributed by atoms with Gasteiger partial charge in [-0.2, -0.15) is 0 Å². The topological polar surface area (TPSA) is 26.3 Å². The van der Waals surface area contributed by atoms with Gasteiger partial charge in [-0.15, -0.1) is 0 Å². The minimum absolute atomic E-state index is 0.0194. The molecular formula is C15H30O2. The van der Waals surface area contributed by atoms with E-state index in [2.05, 4.69) is 20.8 Å². The van der Waals surface area contributed by atoms with Crippen LogP contribution in [0.25, 0.3) is 0 Å². The molecule has 0 fully saturated rings. The summed E-state index contributed by atoms with van der Waals surface area (Å²) in [7, 11) is 0. The van der Waals surface area contributed by atoms with Crippen LogP contribution in [-0.4, -0.2) is 12.6 Å². The van der Waals surface area contributed by atoms with Gasteiger partial charge in [0.2, 0.25) is 0 Å². The standard InChI is InChI=1S/C15H30O2/c1-5-10-14(4)15(16)17-12-9-7-6-8-11-13(2)3/h13-14H,5-12H2,1-4H3. The summed E-state index contributed by atoms with van der Waals surface area (Å²) < 4.78 is 5.25. The molecule has 0 spiro atoms. The number of rotatable bonds is 10. The van der Waals surface area contributed by atoms with Crippen molar-refractivity contribution in [2.75, 3.05) is 6.61 Å². The molecule has 0 rings (SSSR count). The summed E-state index contributed by atoms with van der Waals surface area (Å²) in [5, 5.41) is 0.